The van der Waals surface area contributed by atoms with Crippen LogP contribution >= 0.6 is 0 Å². The standard InChI is InChI=1S/C16H23FN2O/c1-10(2)18-16(20)11(3)19-13-8-12(9-13)14-6-4-5-7-15(14)17/h4-7,10-13,19H,8-9H2,1-3H3,(H,18,20). The van der Waals surface area contributed by atoms with Crippen LogP contribution < -0.4 is 10.6 Å². The van der Waals surface area contributed by atoms with E-state index in [4.69, 9.17) is 0 Å². The highest BCUT2D eigenvalue weighted by Crippen LogP contribution is 2.38. The maximum Gasteiger partial charge on any atom is 0.237 e. The van der Waals surface area contributed by atoms with Gasteiger partial charge in [0.2, 0.25) is 5.91 Å². The highest BCUT2D eigenvalue weighted by Gasteiger charge is 2.33. The molecule has 1 aliphatic rings. The lowest BCUT2D eigenvalue weighted by atomic mass is 9.75. The summed E-state index contributed by atoms with van der Waals surface area (Å²) in [6.45, 7) is 5.76. The van der Waals surface area contributed by atoms with Gasteiger partial charge in [-0.1, -0.05) is 18.2 Å². The molecule has 2 rings (SSSR count). The molecule has 0 bridgehead atoms. The van der Waals surface area contributed by atoms with Crippen molar-refractivity contribution in [2.75, 3.05) is 0 Å². The molecule has 1 aliphatic carbocycles. The molecule has 1 unspecified atom stereocenters. The van der Waals surface area contributed by atoms with Crippen molar-refractivity contribution in [3.8, 4) is 0 Å². The minimum absolute atomic E-state index is 0.0225. The van der Waals surface area contributed by atoms with Crippen LogP contribution in [0.2, 0.25) is 0 Å². The van der Waals surface area contributed by atoms with Crippen molar-refractivity contribution in [1.82, 2.24) is 10.6 Å². The van der Waals surface area contributed by atoms with Gasteiger partial charge in [0.1, 0.15) is 5.82 Å². The molecule has 2 N–H and O–H groups in total. The molecule has 1 atom stereocenters. The zero-order valence-electron chi connectivity index (χ0n) is 12.3. The van der Waals surface area contributed by atoms with Crippen molar-refractivity contribution in [3.63, 3.8) is 0 Å². The highest BCUT2D eigenvalue weighted by atomic mass is 19.1. The molecule has 0 aromatic heterocycles. The van der Waals surface area contributed by atoms with Gasteiger partial charge in [0, 0.05) is 12.1 Å². The van der Waals surface area contributed by atoms with Gasteiger partial charge in [0.15, 0.2) is 0 Å². The van der Waals surface area contributed by atoms with Crippen LogP contribution in [0.1, 0.15) is 45.1 Å². The Balaban J connectivity index is 1.79. The van der Waals surface area contributed by atoms with E-state index in [0.29, 0.717) is 6.04 Å². The number of nitrogens with one attached hydrogen (secondary N) is 2. The van der Waals surface area contributed by atoms with Crippen LogP contribution in [0.25, 0.3) is 0 Å². The Labute approximate surface area is 120 Å². The first-order valence-corrected chi connectivity index (χ1v) is 7.28. The smallest absolute Gasteiger partial charge is 0.237 e. The van der Waals surface area contributed by atoms with E-state index in [1.807, 2.05) is 32.9 Å². The Kier molecular flexibility index (Phi) is 4.76. The average molecular weight is 278 g/mol. The lowest BCUT2D eigenvalue weighted by Crippen LogP contribution is -2.51. The molecule has 4 heteroatoms. The van der Waals surface area contributed by atoms with Crippen LogP contribution in [0.3, 0.4) is 0 Å². The zero-order valence-corrected chi connectivity index (χ0v) is 12.3. The molecule has 1 aromatic carbocycles. The summed E-state index contributed by atoms with van der Waals surface area (Å²) in [5.74, 6) is 0.171. The summed E-state index contributed by atoms with van der Waals surface area (Å²) in [6.07, 6.45) is 1.78. The Hall–Kier alpha value is -1.42. The van der Waals surface area contributed by atoms with Gasteiger partial charge in [-0.05, 0) is 51.2 Å². The van der Waals surface area contributed by atoms with Crippen molar-refractivity contribution in [2.24, 2.45) is 0 Å². The quantitative estimate of drug-likeness (QED) is 0.869. The number of hydrogen-bond donors (Lipinski definition) is 2. The van der Waals surface area contributed by atoms with E-state index in [-0.39, 0.29) is 29.7 Å². The third-order valence-electron chi connectivity index (χ3n) is 3.79. The van der Waals surface area contributed by atoms with Crippen LogP contribution in [0.4, 0.5) is 4.39 Å². The molecule has 1 aromatic rings. The summed E-state index contributed by atoms with van der Waals surface area (Å²) in [4.78, 5) is 11.8. The molecule has 1 saturated carbocycles. The van der Waals surface area contributed by atoms with Crippen molar-refractivity contribution >= 4 is 5.91 Å². The Morgan fingerprint density at radius 1 is 1.25 bits per heavy atom. The molecule has 1 fully saturated rings. The van der Waals surface area contributed by atoms with Crippen molar-refractivity contribution in [1.29, 1.82) is 0 Å². The molecule has 0 saturated heterocycles. The molecule has 1 amide bonds. The fraction of sp³-hybridized carbons (Fsp3) is 0.562. The number of carbonyl (C=O) groups excluding carboxylic acids is 1. The summed E-state index contributed by atoms with van der Waals surface area (Å²) in [5.41, 5.74) is 0.796. The first-order chi connectivity index (χ1) is 9.47. The monoisotopic (exact) mass is 278 g/mol. The second kappa shape index (κ2) is 6.35. The number of halogens is 1. The van der Waals surface area contributed by atoms with Crippen LogP contribution in [-0.2, 0) is 4.79 Å². The molecule has 0 aliphatic heterocycles. The number of hydrogen-bond acceptors (Lipinski definition) is 2. The summed E-state index contributed by atoms with van der Waals surface area (Å²) < 4.78 is 13.6. The van der Waals surface area contributed by atoms with E-state index < -0.39 is 0 Å². The first kappa shape index (κ1) is 15.0. The van der Waals surface area contributed by atoms with E-state index in [9.17, 15) is 9.18 Å². The average Bonchev–Trinajstić information content (AvgIpc) is 2.33. The third-order valence-corrected chi connectivity index (χ3v) is 3.79. The van der Waals surface area contributed by atoms with Crippen molar-refractivity contribution in [2.45, 2.75) is 57.7 Å². The van der Waals surface area contributed by atoms with Gasteiger partial charge in [0.05, 0.1) is 6.04 Å². The van der Waals surface area contributed by atoms with Gasteiger partial charge in [-0.25, -0.2) is 4.39 Å². The topological polar surface area (TPSA) is 41.1 Å². The van der Waals surface area contributed by atoms with Gasteiger partial charge in [-0.2, -0.15) is 0 Å². The molecule has 20 heavy (non-hydrogen) atoms. The van der Waals surface area contributed by atoms with Gasteiger partial charge < -0.3 is 10.6 Å². The summed E-state index contributed by atoms with van der Waals surface area (Å²) in [5, 5.41) is 6.19. The third kappa shape index (κ3) is 3.57. The summed E-state index contributed by atoms with van der Waals surface area (Å²) >= 11 is 0. The lowest BCUT2D eigenvalue weighted by Gasteiger charge is -2.38. The molecule has 3 nitrogen and oxygen atoms in total. The second-order valence-corrected chi connectivity index (χ2v) is 5.94. The maximum atomic E-state index is 13.6. The number of rotatable bonds is 5. The predicted molar refractivity (Wildman–Crippen MR) is 78.0 cm³/mol. The van der Waals surface area contributed by atoms with Gasteiger partial charge in [-0.3, -0.25) is 4.79 Å². The first-order valence-electron chi connectivity index (χ1n) is 7.28. The SMILES string of the molecule is CC(C)NC(=O)C(C)NC1CC(c2ccccc2F)C1. The Morgan fingerprint density at radius 2 is 1.90 bits per heavy atom. The number of benzene rings is 1. The highest BCUT2D eigenvalue weighted by molar-refractivity contribution is 5.81. The van der Waals surface area contributed by atoms with Crippen LogP contribution in [0, 0.1) is 5.82 Å². The number of carbonyl (C=O) groups is 1. The van der Waals surface area contributed by atoms with E-state index in [1.165, 1.54) is 6.07 Å². The van der Waals surface area contributed by atoms with E-state index >= 15 is 0 Å². The van der Waals surface area contributed by atoms with Crippen molar-refractivity contribution in [3.05, 3.63) is 35.6 Å². The van der Waals surface area contributed by atoms with Crippen LogP contribution in [0.5, 0.6) is 0 Å². The molecule has 0 spiro atoms. The minimum atomic E-state index is -0.205. The van der Waals surface area contributed by atoms with Gasteiger partial charge in [0.25, 0.3) is 0 Å². The fourth-order valence-electron chi connectivity index (χ4n) is 2.65. The van der Waals surface area contributed by atoms with Crippen LogP contribution in [-0.4, -0.2) is 24.0 Å². The van der Waals surface area contributed by atoms with Crippen molar-refractivity contribution < 1.29 is 9.18 Å². The second-order valence-electron chi connectivity index (χ2n) is 5.94. The summed E-state index contributed by atoms with van der Waals surface area (Å²) in [6, 6.07) is 7.19. The van der Waals surface area contributed by atoms with Gasteiger partial charge in [-0.15, -0.1) is 0 Å². The number of amides is 1. The normalized spacial score (nSPS) is 23.2. The van der Waals surface area contributed by atoms with E-state index in [2.05, 4.69) is 10.6 Å². The largest absolute Gasteiger partial charge is 0.353 e. The predicted octanol–water partition coefficient (Wildman–Crippen LogP) is 2.57. The van der Waals surface area contributed by atoms with Crippen LogP contribution in [0.15, 0.2) is 24.3 Å². The maximum absolute atomic E-state index is 13.6. The Bertz CT molecular complexity index is 469. The molecule has 110 valence electrons. The zero-order chi connectivity index (χ0) is 14.7. The Morgan fingerprint density at radius 3 is 2.50 bits per heavy atom. The molecular formula is C16H23FN2O. The molecule has 0 radical (unpaired) electrons. The van der Waals surface area contributed by atoms with E-state index in [1.54, 1.807) is 6.07 Å². The minimum Gasteiger partial charge on any atom is -0.353 e. The molecule has 0 heterocycles. The van der Waals surface area contributed by atoms with E-state index in [0.717, 1.165) is 18.4 Å². The fourth-order valence-corrected chi connectivity index (χ4v) is 2.65. The lowest BCUT2D eigenvalue weighted by molar-refractivity contribution is -0.123. The summed E-state index contributed by atoms with van der Waals surface area (Å²) in [7, 11) is 0. The van der Waals surface area contributed by atoms with Gasteiger partial charge >= 0.3 is 0 Å². The molecular weight excluding hydrogens is 255 g/mol.